The van der Waals surface area contributed by atoms with Crippen molar-refractivity contribution in [3.63, 3.8) is 0 Å². The van der Waals surface area contributed by atoms with E-state index in [0.29, 0.717) is 0 Å². The van der Waals surface area contributed by atoms with E-state index >= 15 is 0 Å². The monoisotopic (exact) mass is 376 g/mol. The number of rotatable bonds is 3. The van der Waals surface area contributed by atoms with E-state index in [1.165, 1.54) is 0 Å². The van der Waals surface area contributed by atoms with Crippen molar-refractivity contribution < 1.29 is 26.3 Å². The Hall–Kier alpha value is -2.21. The molecule has 2 nitrogen and oxygen atoms in total. The quantitative estimate of drug-likeness (QED) is 0.430. The van der Waals surface area contributed by atoms with Gasteiger partial charge in [0.05, 0.1) is 11.1 Å². The molecule has 0 amide bonds. The SMILES string of the molecule is FC(F)(F)c1cc(P(n2cccc2)n2cccc2)cc(C(F)(F)F)c1. The molecule has 0 bridgehead atoms. The maximum Gasteiger partial charge on any atom is 0.416 e. The van der Waals surface area contributed by atoms with Gasteiger partial charge < -0.3 is 8.68 Å². The summed E-state index contributed by atoms with van der Waals surface area (Å²) in [5.74, 6) is 0. The Morgan fingerprint density at radius 2 is 0.960 bits per heavy atom. The lowest BCUT2D eigenvalue weighted by atomic mass is 10.1. The molecule has 3 aromatic rings. The Morgan fingerprint density at radius 1 is 0.600 bits per heavy atom. The van der Waals surface area contributed by atoms with Crippen LogP contribution in [0.4, 0.5) is 26.3 Å². The van der Waals surface area contributed by atoms with Crippen LogP contribution in [-0.2, 0) is 12.4 Å². The van der Waals surface area contributed by atoms with Crippen molar-refractivity contribution in [3.8, 4) is 0 Å². The second-order valence-corrected chi connectivity index (χ2v) is 7.20. The third kappa shape index (κ3) is 3.74. The van der Waals surface area contributed by atoms with Gasteiger partial charge in [-0.05, 0) is 42.5 Å². The predicted octanol–water partition coefficient (Wildman–Crippen LogP) is 5.36. The summed E-state index contributed by atoms with van der Waals surface area (Å²) in [6, 6.07) is 8.35. The maximum absolute atomic E-state index is 13.1. The lowest BCUT2D eigenvalue weighted by Crippen LogP contribution is -2.19. The zero-order valence-corrected chi connectivity index (χ0v) is 13.4. The summed E-state index contributed by atoms with van der Waals surface area (Å²) in [6.45, 7) is 0. The molecule has 0 unspecified atom stereocenters. The lowest BCUT2D eigenvalue weighted by molar-refractivity contribution is -0.142. The second kappa shape index (κ2) is 6.26. The van der Waals surface area contributed by atoms with E-state index in [9.17, 15) is 26.3 Å². The zero-order chi connectivity index (χ0) is 18.2. The number of halogens is 6. The Labute approximate surface area is 140 Å². The fourth-order valence-electron chi connectivity index (χ4n) is 2.34. The maximum atomic E-state index is 13.1. The van der Waals surface area contributed by atoms with Gasteiger partial charge in [-0.15, -0.1) is 0 Å². The second-order valence-electron chi connectivity index (χ2n) is 5.18. The zero-order valence-electron chi connectivity index (χ0n) is 12.5. The summed E-state index contributed by atoms with van der Waals surface area (Å²) in [7, 11) is -1.67. The van der Waals surface area contributed by atoms with Crippen molar-refractivity contribution in [3.05, 3.63) is 78.4 Å². The van der Waals surface area contributed by atoms with Gasteiger partial charge in [-0.1, -0.05) is 0 Å². The van der Waals surface area contributed by atoms with Gasteiger partial charge in [-0.25, -0.2) is 0 Å². The van der Waals surface area contributed by atoms with E-state index in [-0.39, 0.29) is 11.4 Å². The van der Waals surface area contributed by atoms with Crippen LogP contribution in [0.2, 0.25) is 0 Å². The summed E-state index contributed by atoms with van der Waals surface area (Å²) < 4.78 is 81.9. The molecule has 1 aromatic carbocycles. The third-order valence-corrected chi connectivity index (χ3v) is 5.55. The smallest absolute Gasteiger partial charge is 0.312 e. The molecule has 132 valence electrons. The first kappa shape index (κ1) is 17.6. The van der Waals surface area contributed by atoms with Crippen molar-refractivity contribution in [2.45, 2.75) is 12.4 Å². The van der Waals surface area contributed by atoms with Gasteiger partial charge in [0, 0.05) is 30.1 Å². The van der Waals surface area contributed by atoms with Crippen LogP contribution in [0.3, 0.4) is 0 Å². The minimum absolute atomic E-state index is 0.0513. The number of alkyl halides is 6. The molecule has 2 aromatic heterocycles. The van der Waals surface area contributed by atoms with Crippen LogP contribution in [0.1, 0.15) is 11.1 Å². The first-order valence-corrected chi connectivity index (χ1v) is 8.27. The predicted molar refractivity (Wildman–Crippen MR) is 82.7 cm³/mol. The fourth-order valence-corrected chi connectivity index (χ4v) is 4.44. The van der Waals surface area contributed by atoms with E-state index in [1.807, 2.05) is 0 Å². The highest BCUT2D eigenvalue weighted by atomic mass is 31.1. The molecule has 0 radical (unpaired) electrons. The highest BCUT2D eigenvalue weighted by molar-refractivity contribution is 7.62. The summed E-state index contributed by atoms with van der Waals surface area (Å²) >= 11 is 0. The van der Waals surface area contributed by atoms with Crippen LogP contribution in [0, 0.1) is 0 Å². The normalized spacial score (nSPS) is 12.8. The molecule has 0 aliphatic carbocycles. The molecule has 0 aliphatic rings. The average molecular weight is 376 g/mol. The summed E-state index contributed by atoms with van der Waals surface area (Å²) in [5, 5.41) is -0.0513. The number of nitrogens with zero attached hydrogens (tertiary/aromatic N) is 2. The average Bonchev–Trinajstić information content (AvgIpc) is 3.19. The summed E-state index contributed by atoms with van der Waals surface area (Å²) in [5.41, 5.74) is -2.63. The Bertz CT molecular complexity index is 768. The minimum Gasteiger partial charge on any atom is -0.312 e. The largest absolute Gasteiger partial charge is 0.416 e. The van der Waals surface area contributed by atoms with Crippen molar-refractivity contribution in [1.82, 2.24) is 8.68 Å². The van der Waals surface area contributed by atoms with E-state index in [0.717, 1.165) is 12.1 Å². The number of hydrogen-bond acceptors (Lipinski definition) is 0. The molecule has 0 spiro atoms. The third-order valence-electron chi connectivity index (χ3n) is 3.42. The van der Waals surface area contributed by atoms with Crippen LogP contribution in [0.5, 0.6) is 0 Å². The Balaban J connectivity index is 2.22. The molecule has 0 atom stereocenters. The molecule has 0 aliphatic heterocycles. The van der Waals surface area contributed by atoms with E-state index in [1.54, 1.807) is 57.7 Å². The molecule has 0 N–H and O–H groups in total. The van der Waals surface area contributed by atoms with Gasteiger partial charge in [-0.2, -0.15) is 26.3 Å². The first-order chi connectivity index (χ1) is 11.7. The van der Waals surface area contributed by atoms with E-state index < -0.39 is 31.7 Å². The van der Waals surface area contributed by atoms with Crippen LogP contribution >= 0.6 is 8.22 Å². The molecule has 2 heterocycles. The van der Waals surface area contributed by atoms with Crippen molar-refractivity contribution in [2.75, 3.05) is 0 Å². The standard InChI is InChI=1S/C16H11F6N2P/c17-15(18,19)12-9-13(16(20,21)22)11-14(10-12)25(23-5-1-2-6-23)24-7-3-4-8-24/h1-11H. The molecule has 0 saturated heterocycles. The van der Waals surface area contributed by atoms with Crippen LogP contribution in [0.25, 0.3) is 0 Å². The molecule has 0 fully saturated rings. The van der Waals surface area contributed by atoms with Gasteiger partial charge in [-0.3, -0.25) is 0 Å². The fraction of sp³-hybridized carbons (Fsp3) is 0.125. The van der Waals surface area contributed by atoms with Gasteiger partial charge in [0.25, 0.3) is 0 Å². The van der Waals surface area contributed by atoms with E-state index in [2.05, 4.69) is 0 Å². The van der Waals surface area contributed by atoms with Crippen LogP contribution < -0.4 is 5.30 Å². The van der Waals surface area contributed by atoms with Crippen molar-refractivity contribution in [2.24, 2.45) is 0 Å². The summed E-state index contributed by atoms with van der Waals surface area (Å²) in [6.07, 6.45) is -3.30. The molecule has 25 heavy (non-hydrogen) atoms. The number of hydrogen-bond donors (Lipinski definition) is 0. The highest BCUT2D eigenvalue weighted by Crippen LogP contribution is 2.42. The minimum atomic E-state index is -4.87. The lowest BCUT2D eigenvalue weighted by Gasteiger charge is -2.23. The number of aromatic nitrogens is 2. The van der Waals surface area contributed by atoms with Gasteiger partial charge in [0.2, 0.25) is 0 Å². The Kier molecular flexibility index (Phi) is 4.41. The van der Waals surface area contributed by atoms with Gasteiger partial charge in [0.15, 0.2) is 0 Å². The molecule has 3 rings (SSSR count). The topological polar surface area (TPSA) is 9.86 Å². The molecular formula is C16H11F6N2P. The summed E-state index contributed by atoms with van der Waals surface area (Å²) in [4.78, 5) is 0. The van der Waals surface area contributed by atoms with E-state index in [4.69, 9.17) is 0 Å². The van der Waals surface area contributed by atoms with Crippen molar-refractivity contribution >= 4 is 13.5 Å². The number of benzene rings is 1. The van der Waals surface area contributed by atoms with Crippen LogP contribution in [0.15, 0.2) is 67.3 Å². The van der Waals surface area contributed by atoms with Crippen LogP contribution in [-0.4, -0.2) is 8.68 Å². The van der Waals surface area contributed by atoms with Gasteiger partial charge in [0.1, 0.15) is 8.22 Å². The molecule has 9 heteroatoms. The molecule has 0 saturated carbocycles. The molecular weight excluding hydrogens is 365 g/mol. The van der Waals surface area contributed by atoms with Crippen molar-refractivity contribution in [1.29, 1.82) is 0 Å². The Morgan fingerprint density at radius 3 is 1.28 bits per heavy atom. The first-order valence-electron chi connectivity index (χ1n) is 7.02. The highest BCUT2D eigenvalue weighted by Gasteiger charge is 2.38. The van der Waals surface area contributed by atoms with Gasteiger partial charge >= 0.3 is 12.4 Å².